The van der Waals surface area contributed by atoms with Crippen molar-refractivity contribution in [1.82, 2.24) is 4.90 Å². The number of benzene rings is 2. The number of rotatable bonds is 5. The highest BCUT2D eigenvalue weighted by molar-refractivity contribution is 7.92. The number of carbonyl (C=O) groups excluding carboxylic acids is 1. The normalized spacial score (nSPS) is 30.6. The minimum absolute atomic E-state index is 0.00142. The van der Waals surface area contributed by atoms with Crippen molar-refractivity contribution < 1.29 is 45.1 Å². The molecule has 4 fully saturated rings. The average Bonchev–Trinajstić information content (AvgIpc) is 3.38. The van der Waals surface area contributed by atoms with E-state index in [9.17, 15) is 45.1 Å². The molecule has 2 bridgehead atoms. The van der Waals surface area contributed by atoms with Gasteiger partial charge in [-0.05, 0) is 99.2 Å². The zero-order chi connectivity index (χ0) is 31.2. The fourth-order valence-corrected chi connectivity index (χ4v) is 10.6. The van der Waals surface area contributed by atoms with E-state index in [1.807, 2.05) is 0 Å². The fraction of sp³-hybridized carbons (Fsp3) is 0.533. The van der Waals surface area contributed by atoms with E-state index in [1.165, 1.54) is 24.3 Å². The molecule has 1 amide bonds. The van der Waals surface area contributed by atoms with Crippen LogP contribution >= 0.6 is 11.6 Å². The van der Waals surface area contributed by atoms with Gasteiger partial charge in [0.1, 0.15) is 4.75 Å². The Labute approximate surface area is 250 Å². The average molecular weight is 646 g/mol. The number of carbonyl (C=O) groups is 2. The van der Waals surface area contributed by atoms with Gasteiger partial charge in [-0.1, -0.05) is 23.7 Å². The smallest absolute Gasteiger partial charge is 0.458 e. The second-order valence-corrected chi connectivity index (χ2v) is 15.1. The summed E-state index contributed by atoms with van der Waals surface area (Å²) < 4.78 is 95.6. The first-order valence-electron chi connectivity index (χ1n) is 14.1. The Kier molecular flexibility index (Phi) is 6.79. The van der Waals surface area contributed by atoms with Gasteiger partial charge < -0.3 is 10.0 Å². The molecule has 2 atom stereocenters. The van der Waals surface area contributed by atoms with Crippen LogP contribution in [0.4, 0.5) is 22.0 Å². The van der Waals surface area contributed by atoms with Crippen molar-refractivity contribution >= 4 is 33.3 Å². The van der Waals surface area contributed by atoms with Crippen molar-refractivity contribution in [3.05, 3.63) is 64.2 Å². The van der Waals surface area contributed by atoms with Gasteiger partial charge in [0.05, 0.1) is 16.4 Å². The molecule has 2 unspecified atom stereocenters. The second kappa shape index (κ2) is 9.63. The zero-order valence-electron chi connectivity index (χ0n) is 22.9. The standard InChI is InChI=1S/C30H29ClF5NO5S/c31-20-3-5-21(6-4-20)43(41,42)28-15-16-37(24(38)26-9-12-27(13-10-26,14-11-26)25(39)40)23(28)8-1-18-17-19(2-7-22(18)28)29(32,33)30(34,35)36/h2-7,17,23H,1,8-16H2,(H,39,40). The molecule has 0 aromatic heterocycles. The van der Waals surface area contributed by atoms with E-state index in [1.54, 1.807) is 4.90 Å². The van der Waals surface area contributed by atoms with Gasteiger partial charge in [-0.2, -0.15) is 22.0 Å². The molecule has 6 nitrogen and oxygen atoms in total. The molecule has 7 rings (SSSR count). The van der Waals surface area contributed by atoms with Crippen molar-refractivity contribution in [2.75, 3.05) is 6.54 Å². The number of hydrogen-bond acceptors (Lipinski definition) is 4. The van der Waals surface area contributed by atoms with Crippen molar-refractivity contribution in [3.63, 3.8) is 0 Å². The lowest BCUT2D eigenvalue weighted by Crippen LogP contribution is -2.57. The Morgan fingerprint density at radius 3 is 2.02 bits per heavy atom. The number of nitrogens with zero attached hydrogens (tertiary/aromatic N) is 1. The molecule has 2 aromatic carbocycles. The van der Waals surface area contributed by atoms with Crippen molar-refractivity contribution in [2.45, 2.75) is 85.6 Å². The predicted octanol–water partition coefficient (Wildman–Crippen LogP) is 6.64. The molecule has 1 heterocycles. The second-order valence-electron chi connectivity index (χ2n) is 12.5. The molecular formula is C30H29ClF5NO5S. The molecule has 0 spiro atoms. The van der Waals surface area contributed by atoms with Crippen molar-refractivity contribution in [1.29, 1.82) is 0 Å². The highest BCUT2D eigenvalue weighted by Crippen LogP contribution is 2.60. The number of fused-ring (bicyclic) bond motifs is 6. The molecule has 1 N–H and O–H groups in total. The van der Waals surface area contributed by atoms with E-state index in [0.29, 0.717) is 44.6 Å². The van der Waals surface area contributed by atoms with Gasteiger partial charge in [0.15, 0.2) is 9.84 Å². The number of alkyl halides is 5. The zero-order valence-corrected chi connectivity index (χ0v) is 24.5. The lowest BCUT2D eigenvalue weighted by atomic mass is 9.53. The summed E-state index contributed by atoms with van der Waals surface area (Å²) in [6, 6.07) is 6.96. The number of aryl methyl sites for hydroxylation is 1. The Balaban J connectivity index is 1.45. The van der Waals surface area contributed by atoms with Gasteiger partial charge >= 0.3 is 18.1 Å². The number of aliphatic carboxylic acids is 1. The summed E-state index contributed by atoms with van der Waals surface area (Å²) in [6.07, 6.45) is -3.73. The summed E-state index contributed by atoms with van der Waals surface area (Å²) in [5.74, 6) is -6.25. The van der Waals surface area contributed by atoms with Crippen molar-refractivity contribution in [3.8, 4) is 0 Å². The highest BCUT2D eigenvalue weighted by Gasteiger charge is 2.65. The number of sulfone groups is 1. The van der Waals surface area contributed by atoms with Gasteiger partial charge in [-0.3, -0.25) is 9.59 Å². The topological polar surface area (TPSA) is 91.8 Å². The monoisotopic (exact) mass is 645 g/mol. The van der Waals surface area contributed by atoms with Gasteiger partial charge in [0.25, 0.3) is 0 Å². The minimum Gasteiger partial charge on any atom is -0.481 e. The minimum atomic E-state index is -5.83. The van der Waals surface area contributed by atoms with Crippen LogP contribution in [0, 0.1) is 10.8 Å². The summed E-state index contributed by atoms with van der Waals surface area (Å²) in [4.78, 5) is 27.7. The molecular weight excluding hydrogens is 617 g/mol. The predicted molar refractivity (Wildman–Crippen MR) is 145 cm³/mol. The van der Waals surface area contributed by atoms with Crippen LogP contribution in [0.25, 0.3) is 0 Å². The lowest BCUT2D eigenvalue weighted by molar-refractivity contribution is -0.289. The molecule has 3 saturated carbocycles. The molecule has 0 radical (unpaired) electrons. The van der Waals surface area contributed by atoms with Crippen LogP contribution < -0.4 is 0 Å². The maximum atomic E-state index is 14.6. The maximum Gasteiger partial charge on any atom is 0.458 e. The van der Waals surface area contributed by atoms with Crippen LogP contribution in [-0.2, 0) is 36.5 Å². The van der Waals surface area contributed by atoms with Gasteiger partial charge in [0.2, 0.25) is 5.91 Å². The first-order valence-corrected chi connectivity index (χ1v) is 16.0. The number of carboxylic acids is 1. The van der Waals surface area contributed by atoms with Crippen LogP contribution in [0.3, 0.4) is 0 Å². The number of hydrogen-bond donors (Lipinski definition) is 1. The summed E-state index contributed by atoms with van der Waals surface area (Å²) in [5.41, 5.74) is -2.76. The molecule has 232 valence electrons. The van der Waals surface area contributed by atoms with Crippen LogP contribution in [0.1, 0.15) is 68.1 Å². The fourth-order valence-electron chi connectivity index (χ4n) is 8.09. The van der Waals surface area contributed by atoms with Gasteiger partial charge in [-0.15, -0.1) is 0 Å². The van der Waals surface area contributed by atoms with Gasteiger partial charge in [-0.25, -0.2) is 8.42 Å². The molecule has 5 aliphatic rings. The SMILES string of the molecule is O=C(O)C12CCC(C(=O)N3CCC4(S(=O)(=O)c5ccc(Cl)cc5)c5ccc(C(F)(F)C(F)(F)F)cc5CCC34)(CC1)CC2. The van der Waals surface area contributed by atoms with E-state index in [-0.39, 0.29) is 52.8 Å². The Bertz CT molecular complexity index is 1580. The van der Waals surface area contributed by atoms with Crippen LogP contribution in [0.5, 0.6) is 0 Å². The van der Waals surface area contributed by atoms with Crippen LogP contribution in [0.15, 0.2) is 47.4 Å². The summed E-state index contributed by atoms with van der Waals surface area (Å²) >= 11 is 6.00. The van der Waals surface area contributed by atoms with E-state index < -0.39 is 55.1 Å². The number of amides is 1. The third-order valence-corrected chi connectivity index (χ3v) is 13.4. The third-order valence-electron chi connectivity index (χ3n) is 10.6. The first-order chi connectivity index (χ1) is 20.0. The van der Waals surface area contributed by atoms with E-state index >= 15 is 0 Å². The lowest BCUT2D eigenvalue weighted by Gasteiger charge is -2.52. The van der Waals surface area contributed by atoms with E-state index in [2.05, 4.69) is 0 Å². The first kappa shape index (κ1) is 30.3. The largest absolute Gasteiger partial charge is 0.481 e. The Morgan fingerprint density at radius 1 is 0.884 bits per heavy atom. The molecule has 13 heteroatoms. The van der Waals surface area contributed by atoms with Crippen LogP contribution in [-0.4, -0.2) is 49.1 Å². The Hall–Kier alpha value is -2.73. The quantitative estimate of drug-likeness (QED) is 0.369. The van der Waals surface area contributed by atoms with E-state index in [0.717, 1.165) is 12.1 Å². The number of halogens is 6. The molecule has 1 saturated heterocycles. The number of carboxylic acid groups (broad SMARTS) is 1. The molecule has 43 heavy (non-hydrogen) atoms. The molecule has 1 aliphatic heterocycles. The summed E-state index contributed by atoms with van der Waals surface area (Å²) in [5, 5.41) is 10.1. The van der Waals surface area contributed by atoms with Gasteiger partial charge in [0, 0.05) is 22.5 Å². The highest BCUT2D eigenvalue weighted by atomic mass is 35.5. The van der Waals surface area contributed by atoms with Crippen LogP contribution in [0.2, 0.25) is 5.02 Å². The molecule has 4 aliphatic carbocycles. The maximum absolute atomic E-state index is 14.6. The summed E-state index contributed by atoms with van der Waals surface area (Å²) in [6.45, 7) is 0.0437. The molecule has 2 aromatic rings. The summed E-state index contributed by atoms with van der Waals surface area (Å²) in [7, 11) is -4.34. The number of likely N-dealkylation sites (tertiary alicyclic amines) is 1. The Morgan fingerprint density at radius 2 is 1.47 bits per heavy atom. The van der Waals surface area contributed by atoms with Crippen molar-refractivity contribution in [2.24, 2.45) is 10.8 Å². The third kappa shape index (κ3) is 4.18. The van der Waals surface area contributed by atoms with E-state index in [4.69, 9.17) is 11.6 Å².